The Bertz CT molecular complexity index is 1310. The molecule has 32 heavy (non-hydrogen) atoms. The molecule has 11 heteroatoms. The summed E-state index contributed by atoms with van der Waals surface area (Å²) < 4.78 is 11.9. The number of nitrogens with zero attached hydrogens (tertiary/aromatic N) is 2. The molecule has 0 aliphatic rings. The van der Waals surface area contributed by atoms with Crippen molar-refractivity contribution in [2.75, 3.05) is 17.7 Å². The fourth-order valence-electron chi connectivity index (χ4n) is 2.97. The molecule has 0 spiro atoms. The zero-order chi connectivity index (χ0) is 22.8. The summed E-state index contributed by atoms with van der Waals surface area (Å²) in [5, 5.41) is 13.1. The van der Waals surface area contributed by atoms with Crippen molar-refractivity contribution in [1.82, 2.24) is 10.2 Å². The van der Waals surface area contributed by atoms with Crippen molar-refractivity contribution in [2.24, 2.45) is 0 Å². The molecule has 0 aliphatic heterocycles. The number of esters is 1. The van der Waals surface area contributed by atoms with E-state index in [-0.39, 0.29) is 23.5 Å². The molecule has 0 saturated heterocycles. The van der Waals surface area contributed by atoms with E-state index in [1.807, 2.05) is 38.1 Å². The van der Waals surface area contributed by atoms with E-state index in [2.05, 4.69) is 15.5 Å². The van der Waals surface area contributed by atoms with Crippen LogP contribution in [0.15, 0.2) is 33.9 Å². The Kier molecular flexibility index (Phi) is 6.85. The average Bonchev–Trinajstić information content (AvgIpc) is 3.44. The van der Waals surface area contributed by atoms with Crippen LogP contribution in [0.2, 0.25) is 5.02 Å². The minimum absolute atomic E-state index is 0.0417. The number of benzene rings is 1. The molecule has 7 nitrogen and oxygen atoms in total. The quantitative estimate of drug-likeness (QED) is 0.235. The fourth-order valence-corrected chi connectivity index (χ4v) is 6.03. The van der Waals surface area contributed by atoms with Crippen LogP contribution >= 0.6 is 46.0 Å². The van der Waals surface area contributed by atoms with E-state index < -0.39 is 5.97 Å². The molecule has 0 saturated carbocycles. The van der Waals surface area contributed by atoms with Crippen molar-refractivity contribution >= 4 is 73.0 Å². The number of hydrogen-bond donors (Lipinski definition) is 1. The predicted octanol–water partition coefficient (Wildman–Crippen LogP) is 6.19. The number of thiophene rings is 2. The smallest absolute Gasteiger partial charge is 0.341 e. The third-order valence-corrected chi connectivity index (χ3v) is 8.18. The number of carbonyl (C=O) groups is 2. The average molecular weight is 508 g/mol. The highest BCUT2D eigenvalue weighted by molar-refractivity contribution is 7.99. The van der Waals surface area contributed by atoms with E-state index in [1.54, 1.807) is 6.92 Å². The Morgan fingerprint density at radius 2 is 2.00 bits per heavy atom. The summed E-state index contributed by atoms with van der Waals surface area (Å²) in [5.74, 6) is -0.381. The molecule has 4 rings (SSSR count). The first-order valence-electron chi connectivity index (χ1n) is 9.59. The summed E-state index contributed by atoms with van der Waals surface area (Å²) in [6, 6.07) is 7.77. The summed E-state index contributed by atoms with van der Waals surface area (Å²) in [6.07, 6.45) is 0. The highest BCUT2D eigenvalue weighted by atomic mass is 35.5. The molecule has 0 aliphatic carbocycles. The number of rotatable bonds is 7. The fraction of sp³-hybridized carbons (Fsp3) is 0.238. The Hall–Kier alpha value is -2.40. The molecule has 0 unspecified atom stereocenters. The van der Waals surface area contributed by atoms with Crippen molar-refractivity contribution in [1.29, 1.82) is 0 Å². The van der Waals surface area contributed by atoms with Gasteiger partial charge in [0.15, 0.2) is 0 Å². The molecule has 1 amide bonds. The van der Waals surface area contributed by atoms with Gasteiger partial charge in [-0.25, -0.2) is 4.79 Å². The second-order valence-corrected chi connectivity index (χ2v) is 10.2. The molecule has 0 fully saturated rings. The zero-order valence-corrected chi connectivity index (χ0v) is 20.6. The molecule has 0 radical (unpaired) electrons. The van der Waals surface area contributed by atoms with Gasteiger partial charge in [0.05, 0.1) is 22.9 Å². The monoisotopic (exact) mass is 507 g/mol. The van der Waals surface area contributed by atoms with E-state index in [4.69, 9.17) is 20.8 Å². The second-order valence-electron chi connectivity index (χ2n) is 6.66. The van der Waals surface area contributed by atoms with E-state index in [0.29, 0.717) is 26.4 Å². The third-order valence-electron chi connectivity index (χ3n) is 4.58. The molecular weight excluding hydrogens is 490 g/mol. The van der Waals surface area contributed by atoms with Crippen molar-refractivity contribution in [2.45, 2.75) is 26.0 Å². The molecule has 0 bridgehead atoms. The van der Waals surface area contributed by atoms with Crippen LogP contribution in [0.3, 0.4) is 0 Å². The predicted molar refractivity (Wildman–Crippen MR) is 129 cm³/mol. The van der Waals surface area contributed by atoms with Crippen molar-refractivity contribution in [3.63, 3.8) is 0 Å². The Morgan fingerprint density at radius 3 is 2.75 bits per heavy atom. The lowest BCUT2D eigenvalue weighted by Crippen LogP contribution is -2.16. The number of carbonyl (C=O) groups excluding carboxylic acids is 2. The Balaban J connectivity index is 1.44. The largest absolute Gasteiger partial charge is 0.462 e. The van der Waals surface area contributed by atoms with Gasteiger partial charge in [-0.05, 0) is 32.4 Å². The van der Waals surface area contributed by atoms with Gasteiger partial charge in [0.2, 0.25) is 5.91 Å². The summed E-state index contributed by atoms with van der Waals surface area (Å²) in [4.78, 5) is 26.4. The third kappa shape index (κ3) is 4.54. The van der Waals surface area contributed by atoms with Crippen LogP contribution in [0.5, 0.6) is 0 Å². The topological polar surface area (TPSA) is 94.3 Å². The lowest BCUT2D eigenvalue weighted by atomic mass is 10.1. The van der Waals surface area contributed by atoms with E-state index in [9.17, 15) is 9.59 Å². The van der Waals surface area contributed by atoms with Crippen LogP contribution in [0, 0.1) is 13.8 Å². The maximum Gasteiger partial charge on any atom is 0.341 e. The number of ether oxygens (including phenoxy) is 1. The van der Waals surface area contributed by atoms with Crippen molar-refractivity contribution in [3.8, 4) is 10.8 Å². The van der Waals surface area contributed by atoms with Crippen molar-refractivity contribution in [3.05, 3.63) is 45.3 Å². The first-order chi connectivity index (χ1) is 15.4. The maximum atomic E-state index is 12.5. The molecule has 3 heterocycles. The number of aryl methyl sites for hydroxylation is 1. The highest BCUT2D eigenvalue weighted by Gasteiger charge is 2.23. The van der Waals surface area contributed by atoms with Crippen LogP contribution in [0.1, 0.15) is 27.7 Å². The number of nitrogens with one attached hydrogen (secondary N) is 1. The lowest BCUT2D eigenvalue weighted by Gasteiger charge is -2.06. The molecule has 166 valence electrons. The van der Waals surface area contributed by atoms with Crippen LogP contribution in [0.25, 0.3) is 20.9 Å². The van der Waals surface area contributed by atoms with E-state index >= 15 is 0 Å². The summed E-state index contributed by atoms with van der Waals surface area (Å²) in [5.41, 5.74) is 1.20. The van der Waals surface area contributed by atoms with Gasteiger partial charge < -0.3 is 14.5 Å². The summed E-state index contributed by atoms with van der Waals surface area (Å²) in [6.45, 7) is 5.74. The summed E-state index contributed by atoms with van der Waals surface area (Å²) >= 11 is 10.4. The van der Waals surface area contributed by atoms with Gasteiger partial charge in [0.25, 0.3) is 11.1 Å². The Labute approximate surface area is 201 Å². The number of thioether (sulfide) groups is 1. The highest BCUT2D eigenvalue weighted by Crippen LogP contribution is 2.41. The van der Waals surface area contributed by atoms with Crippen LogP contribution in [-0.2, 0) is 9.53 Å². The van der Waals surface area contributed by atoms with Gasteiger partial charge in [-0.2, -0.15) is 0 Å². The van der Waals surface area contributed by atoms with E-state index in [0.717, 1.165) is 32.3 Å². The zero-order valence-electron chi connectivity index (χ0n) is 17.4. The maximum absolute atomic E-state index is 12.5. The number of fused-ring (bicyclic) bond motifs is 1. The van der Waals surface area contributed by atoms with Gasteiger partial charge in [-0.15, -0.1) is 32.9 Å². The van der Waals surface area contributed by atoms with Gasteiger partial charge in [0.1, 0.15) is 9.88 Å². The first kappa shape index (κ1) is 22.8. The molecule has 3 aromatic heterocycles. The lowest BCUT2D eigenvalue weighted by molar-refractivity contribution is -0.113. The van der Waals surface area contributed by atoms with Crippen molar-refractivity contribution < 1.29 is 18.7 Å². The Morgan fingerprint density at radius 1 is 1.22 bits per heavy atom. The first-order valence-corrected chi connectivity index (χ1v) is 12.6. The normalized spacial score (nSPS) is 11.1. The number of halogens is 1. The SMILES string of the molecule is CCOC(=O)c1c(NC(=O)CSc2nnc(-c3sc4ccccc4c3Cl)o2)sc(C)c1C. The number of anilines is 1. The molecular formula is C21H18ClN3O4S3. The van der Waals surface area contributed by atoms with Gasteiger partial charge in [-0.1, -0.05) is 41.6 Å². The minimum Gasteiger partial charge on any atom is -0.462 e. The number of amides is 1. The van der Waals surface area contributed by atoms with Gasteiger partial charge in [0, 0.05) is 15.0 Å². The molecule has 1 N–H and O–H groups in total. The molecule has 0 atom stereocenters. The number of hydrogen-bond acceptors (Lipinski definition) is 9. The molecule has 1 aromatic carbocycles. The number of aromatic nitrogens is 2. The standard InChI is InChI=1S/C21H18ClN3O4S3/c1-4-28-20(27)15-10(2)11(3)31-19(15)23-14(26)9-30-21-25-24-18(29-21)17-16(22)12-7-5-6-8-13(12)32-17/h5-8H,4,9H2,1-3H3,(H,23,26). The van der Waals surface area contributed by atoms with Gasteiger partial charge in [-0.3, -0.25) is 4.79 Å². The van der Waals surface area contributed by atoms with E-state index in [1.165, 1.54) is 22.7 Å². The van der Waals surface area contributed by atoms with Crippen LogP contribution in [-0.4, -0.2) is 34.4 Å². The van der Waals surface area contributed by atoms with Crippen LogP contribution < -0.4 is 5.32 Å². The van der Waals surface area contributed by atoms with Crippen LogP contribution in [0.4, 0.5) is 5.00 Å². The second kappa shape index (κ2) is 9.62. The minimum atomic E-state index is -0.445. The summed E-state index contributed by atoms with van der Waals surface area (Å²) in [7, 11) is 0. The molecule has 4 aromatic rings. The van der Waals surface area contributed by atoms with Gasteiger partial charge >= 0.3 is 5.97 Å².